The molecule has 0 atom stereocenters. The van der Waals surface area contributed by atoms with Crippen molar-refractivity contribution in [3.63, 3.8) is 0 Å². The Morgan fingerprint density at radius 1 is 0.611 bits per heavy atom. The smallest absolute Gasteiger partial charge is 0.0823 e. The maximum Gasteiger partial charge on any atom is 0.0823 e. The van der Waals surface area contributed by atoms with Gasteiger partial charge in [0.25, 0.3) is 0 Å². The first-order chi connectivity index (χ1) is 9.00. The van der Waals surface area contributed by atoms with Crippen LogP contribution in [0.2, 0.25) is 0 Å². The summed E-state index contributed by atoms with van der Waals surface area (Å²) in [5, 5.41) is 6.44. The third-order valence-electron chi connectivity index (χ3n) is 2.24. The molecular weight excluding hydrogens is 238 g/mol. The minimum absolute atomic E-state index is 0.579. The molecule has 5 N–H and O–H groups in total. The van der Waals surface area contributed by atoms with Gasteiger partial charge in [0.05, 0.1) is 33.0 Å². The lowest BCUT2D eigenvalue weighted by atomic mass is 10.6. The summed E-state index contributed by atoms with van der Waals surface area (Å²) in [5.74, 6) is 0. The number of ether oxygens (including phenoxy) is 2. The number of hydrogen-bond acceptors (Lipinski definition) is 8. The standard InChI is InChI=1S/C10H25N5O3/c1-2-13-14-15-18-8-5-12-4-7-17-10-9-16-6-3-11-1/h11-15H,1-10H2. The lowest BCUT2D eigenvalue weighted by Gasteiger charge is -2.11. The van der Waals surface area contributed by atoms with E-state index in [1.807, 2.05) is 0 Å². The van der Waals surface area contributed by atoms with E-state index in [2.05, 4.69) is 27.2 Å². The van der Waals surface area contributed by atoms with Crippen LogP contribution < -0.4 is 27.2 Å². The minimum Gasteiger partial charge on any atom is -0.378 e. The Hall–Kier alpha value is -0.320. The van der Waals surface area contributed by atoms with Crippen molar-refractivity contribution in [1.29, 1.82) is 0 Å². The molecule has 18 heavy (non-hydrogen) atoms. The van der Waals surface area contributed by atoms with Crippen LogP contribution in [0.5, 0.6) is 0 Å². The fourth-order valence-corrected chi connectivity index (χ4v) is 1.32. The summed E-state index contributed by atoms with van der Waals surface area (Å²) in [6, 6.07) is 0. The third kappa shape index (κ3) is 10.8. The Kier molecular flexibility index (Phi) is 11.5. The van der Waals surface area contributed by atoms with Gasteiger partial charge in [-0.05, 0) is 0 Å². The molecule has 0 bridgehead atoms. The summed E-state index contributed by atoms with van der Waals surface area (Å²) >= 11 is 0. The van der Waals surface area contributed by atoms with Crippen LogP contribution >= 0.6 is 0 Å². The average molecular weight is 263 g/mol. The highest BCUT2D eigenvalue weighted by Crippen LogP contribution is 1.78. The Morgan fingerprint density at radius 3 is 2.06 bits per heavy atom. The Morgan fingerprint density at radius 2 is 1.28 bits per heavy atom. The van der Waals surface area contributed by atoms with Crippen LogP contribution in [0.25, 0.3) is 0 Å². The van der Waals surface area contributed by atoms with Crippen LogP contribution in [-0.4, -0.2) is 65.8 Å². The number of rotatable bonds is 0. The normalized spacial score (nSPS) is 24.0. The summed E-state index contributed by atoms with van der Waals surface area (Å²) in [7, 11) is 0. The lowest BCUT2D eigenvalue weighted by molar-refractivity contribution is 0.000582. The van der Waals surface area contributed by atoms with Crippen LogP contribution in [0.3, 0.4) is 0 Å². The first-order valence-electron chi connectivity index (χ1n) is 6.42. The molecule has 8 nitrogen and oxygen atoms in total. The van der Waals surface area contributed by atoms with Gasteiger partial charge in [0.2, 0.25) is 0 Å². The van der Waals surface area contributed by atoms with E-state index in [9.17, 15) is 0 Å². The van der Waals surface area contributed by atoms with E-state index in [-0.39, 0.29) is 0 Å². The molecule has 0 spiro atoms. The van der Waals surface area contributed by atoms with E-state index in [1.165, 1.54) is 0 Å². The van der Waals surface area contributed by atoms with Crippen LogP contribution in [0, 0.1) is 0 Å². The van der Waals surface area contributed by atoms with E-state index in [0.29, 0.717) is 33.0 Å². The molecule has 1 aliphatic heterocycles. The highest BCUT2D eigenvalue weighted by atomic mass is 16.7. The van der Waals surface area contributed by atoms with E-state index >= 15 is 0 Å². The van der Waals surface area contributed by atoms with Crippen molar-refractivity contribution in [3.8, 4) is 0 Å². The number of hydrazine groups is 2. The van der Waals surface area contributed by atoms with Crippen LogP contribution in [0.4, 0.5) is 0 Å². The van der Waals surface area contributed by atoms with Crippen molar-refractivity contribution >= 4 is 0 Å². The zero-order chi connectivity index (χ0) is 12.7. The van der Waals surface area contributed by atoms with Gasteiger partial charge in [-0.1, -0.05) is 0 Å². The Balaban J connectivity index is 2.00. The lowest BCUT2D eigenvalue weighted by Crippen LogP contribution is -2.46. The highest BCUT2D eigenvalue weighted by Gasteiger charge is 1.93. The molecule has 1 aliphatic rings. The summed E-state index contributed by atoms with van der Waals surface area (Å²) in [6.07, 6.45) is 0. The van der Waals surface area contributed by atoms with Gasteiger partial charge in [0, 0.05) is 32.7 Å². The molecule has 0 aliphatic carbocycles. The van der Waals surface area contributed by atoms with Gasteiger partial charge >= 0.3 is 0 Å². The van der Waals surface area contributed by atoms with E-state index in [0.717, 1.165) is 32.7 Å². The monoisotopic (exact) mass is 263 g/mol. The zero-order valence-electron chi connectivity index (χ0n) is 10.8. The van der Waals surface area contributed by atoms with E-state index < -0.39 is 0 Å². The van der Waals surface area contributed by atoms with Crippen LogP contribution in [0.1, 0.15) is 0 Å². The van der Waals surface area contributed by atoms with Crippen LogP contribution in [0.15, 0.2) is 0 Å². The topological polar surface area (TPSA) is 87.8 Å². The van der Waals surface area contributed by atoms with Crippen molar-refractivity contribution < 1.29 is 14.3 Å². The molecule has 0 aromatic carbocycles. The summed E-state index contributed by atoms with van der Waals surface area (Å²) in [4.78, 5) is 5.11. The Labute approximate surface area is 108 Å². The van der Waals surface area contributed by atoms with Crippen molar-refractivity contribution in [2.45, 2.75) is 0 Å². The molecule has 8 heteroatoms. The minimum atomic E-state index is 0.579. The molecule has 1 saturated heterocycles. The molecule has 0 unspecified atom stereocenters. The van der Waals surface area contributed by atoms with Crippen molar-refractivity contribution in [2.24, 2.45) is 0 Å². The average Bonchev–Trinajstić information content (AvgIpc) is 2.39. The molecule has 0 aromatic rings. The van der Waals surface area contributed by atoms with Gasteiger partial charge in [0.15, 0.2) is 0 Å². The molecule has 0 aromatic heterocycles. The van der Waals surface area contributed by atoms with Crippen molar-refractivity contribution in [2.75, 3.05) is 65.8 Å². The predicted molar refractivity (Wildman–Crippen MR) is 67.6 cm³/mol. The molecular formula is C10H25N5O3. The van der Waals surface area contributed by atoms with Gasteiger partial charge in [0.1, 0.15) is 0 Å². The fourth-order valence-electron chi connectivity index (χ4n) is 1.32. The van der Waals surface area contributed by atoms with E-state index in [4.69, 9.17) is 14.3 Å². The second-order valence-corrected chi connectivity index (χ2v) is 3.73. The number of nitrogens with one attached hydrogen (secondary N) is 5. The van der Waals surface area contributed by atoms with Gasteiger partial charge in [-0.3, -0.25) is 4.84 Å². The quantitative estimate of drug-likeness (QED) is 0.335. The maximum absolute atomic E-state index is 5.40. The van der Waals surface area contributed by atoms with Gasteiger partial charge in [-0.25, -0.2) is 5.43 Å². The van der Waals surface area contributed by atoms with Gasteiger partial charge in [-0.2, -0.15) is 5.53 Å². The molecule has 1 fully saturated rings. The zero-order valence-corrected chi connectivity index (χ0v) is 10.8. The van der Waals surface area contributed by atoms with Crippen molar-refractivity contribution in [1.82, 2.24) is 27.2 Å². The summed E-state index contributed by atoms with van der Waals surface area (Å²) in [6.45, 7) is 7.34. The largest absolute Gasteiger partial charge is 0.378 e. The second-order valence-electron chi connectivity index (χ2n) is 3.73. The molecule has 108 valence electrons. The predicted octanol–water partition coefficient (Wildman–Crippen LogP) is -2.26. The molecule has 0 saturated carbocycles. The van der Waals surface area contributed by atoms with Crippen LogP contribution in [-0.2, 0) is 14.3 Å². The fraction of sp³-hybridized carbons (Fsp3) is 1.00. The Bertz CT molecular complexity index is 101. The SMILES string of the molecule is C1CNNNOCCNCCOCCOCCN1. The summed E-state index contributed by atoms with van der Waals surface area (Å²) < 4.78 is 10.8. The first-order valence-corrected chi connectivity index (χ1v) is 6.42. The molecule has 1 heterocycles. The number of hydrogen-bond donors (Lipinski definition) is 5. The molecule has 1 rings (SSSR count). The third-order valence-corrected chi connectivity index (χ3v) is 2.24. The van der Waals surface area contributed by atoms with Gasteiger partial charge < -0.3 is 20.1 Å². The van der Waals surface area contributed by atoms with E-state index in [1.54, 1.807) is 0 Å². The maximum atomic E-state index is 5.40. The summed E-state index contributed by atoms with van der Waals surface area (Å²) in [5.41, 5.74) is 8.31. The second kappa shape index (κ2) is 13.1. The van der Waals surface area contributed by atoms with Gasteiger partial charge in [-0.15, -0.1) is 5.59 Å². The highest BCUT2D eigenvalue weighted by molar-refractivity contribution is 4.48. The molecule has 0 amide bonds. The molecule has 0 radical (unpaired) electrons. The first kappa shape index (κ1) is 15.7. The van der Waals surface area contributed by atoms with Crippen molar-refractivity contribution in [3.05, 3.63) is 0 Å².